The first-order valence-corrected chi connectivity index (χ1v) is 8.27. The summed E-state index contributed by atoms with van der Waals surface area (Å²) >= 11 is 1.60. The normalized spacial score (nSPS) is 11.0. The van der Waals surface area contributed by atoms with Crippen molar-refractivity contribution < 1.29 is 4.79 Å². The minimum atomic E-state index is -0.0177. The number of anilines is 1. The number of benzene rings is 3. The molecule has 23 heavy (non-hydrogen) atoms. The van der Waals surface area contributed by atoms with Gasteiger partial charge in [0.2, 0.25) is 5.91 Å². The summed E-state index contributed by atoms with van der Waals surface area (Å²) in [5.74, 6) is -0.0177. The van der Waals surface area contributed by atoms with Gasteiger partial charge < -0.3 is 5.32 Å². The number of carbonyl (C=O) groups is 1. The Labute approximate surface area is 137 Å². The lowest BCUT2D eigenvalue weighted by atomic mass is 10.0. The molecule has 0 aliphatic rings. The lowest BCUT2D eigenvalue weighted by Crippen LogP contribution is -2.14. The van der Waals surface area contributed by atoms with E-state index in [1.807, 2.05) is 48.0 Å². The van der Waals surface area contributed by atoms with Crippen LogP contribution in [0.3, 0.4) is 0 Å². The number of rotatable bonds is 3. The number of thiazole rings is 1. The summed E-state index contributed by atoms with van der Waals surface area (Å²) in [6, 6.07) is 20.0. The summed E-state index contributed by atoms with van der Waals surface area (Å²) in [4.78, 5) is 16.6. The highest BCUT2D eigenvalue weighted by atomic mass is 32.1. The molecular weight excluding hydrogens is 304 g/mol. The lowest BCUT2D eigenvalue weighted by molar-refractivity contribution is -0.115. The Bertz CT molecular complexity index is 1000. The second kappa shape index (κ2) is 5.82. The molecule has 0 radical (unpaired) electrons. The molecule has 0 saturated carbocycles. The first kappa shape index (κ1) is 13.9. The molecule has 0 aliphatic carbocycles. The van der Waals surface area contributed by atoms with Gasteiger partial charge in [0, 0.05) is 5.69 Å². The van der Waals surface area contributed by atoms with Crippen molar-refractivity contribution >= 4 is 43.9 Å². The fraction of sp³-hybridized carbons (Fsp3) is 0.0526. The van der Waals surface area contributed by atoms with Crippen LogP contribution in [0.25, 0.3) is 21.0 Å². The van der Waals surface area contributed by atoms with Gasteiger partial charge in [-0.05, 0) is 34.5 Å². The Balaban J connectivity index is 1.57. The first-order valence-electron chi connectivity index (χ1n) is 7.39. The fourth-order valence-corrected chi connectivity index (χ4v) is 3.42. The number of nitrogens with one attached hydrogen (secondary N) is 1. The van der Waals surface area contributed by atoms with Gasteiger partial charge in [-0.25, -0.2) is 4.98 Å². The van der Waals surface area contributed by atoms with Crippen molar-refractivity contribution in [2.45, 2.75) is 6.42 Å². The van der Waals surface area contributed by atoms with Crippen LogP contribution in [-0.2, 0) is 11.2 Å². The number of fused-ring (bicyclic) bond motifs is 2. The molecule has 0 aliphatic heterocycles. The van der Waals surface area contributed by atoms with Gasteiger partial charge >= 0.3 is 0 Å². The van der Waals surface area contributed by atoms with Crippen molar-refractivity contribution in [2.24, 2.45) is 0 Å². The highest BCUT2D eigenvalue weighted by Crippen LogP contribution is 2.22. The average Bonchev–Trinajstić information content (AvgIpc) is 3.03. The summed E-state index contributed by atoms with van der Waals surface area (Å²) in [5.41, 5.74) is 4.55. The monoisotopic (exact) mass is 318 g/mol. The number of hydrogen-bond donors (Lipinski definition) is 1. The summed E-state index contributed by atoms with van der Waals surface area (Å²) in [7, 11) is 0. The van der Waals surface area contributed by atoms with Gasteiger partial charge in [-0.15, -0.1) is 11.3 Å². The smallest absolute Gasteiger partial charge is 0.228 e. The van der Waals surface area contributed by atoms with E-state index in [9.17, 15) is 4.79 Å². The quantitative estimate of drug-likeness (QED) is 0.598. The minimum absolute atomic E-state index is 0.0177. The van der Waals surface area contributed by atoms with Crippen LogP contribution in [0.1, 0.15) is 5.56 Å². The summed E-state index contributed by atoms with van der Waals surface area (Å²) in [5, 5.41) is 5.24. The highest BCUT2D eigenvalue weighted by Gasteiger charge is 2.08. The van der Waals surface area contributed by atoms with Crippen LogP contribution in [0.4, 0.5) is 5.69 Å². The van der Waals surface area contributed by atoms with Crippen molar-refractivity contribution in [1.29, 1.82) is 0 Å². The third-order valence-corrected chi connectivity index (χ3v) is 4.66. The average molecular weight is 318 g/mol. The van der Waals surface area contributed by atoms with Gasteiger partial charge in [0.05, 0.1) is 22.1 Å². The maximum Gasteiger partial charge on any atom is 0.228 e. The SMILES string of the molecule is O=C(Cc1cccc2ccccc12)Nc1ccc2scnc2c1. The van der Waals surface area contributed by atoms with Crippen LogP contribution >= 0.6 is 11.3 Å². The van der Waals surface area contributed by atoms with E-state index in [0.717, 1.165) is 32.2 Å². The molecule has 0 atom stereocenters. The van der Waals surface area contributed by atoms with Crippen LogP contribution < -0.4 is 5.32 Å². The first-order chi connectivity index (χ1) is 11.3. The molecule has 0 fully saturated rings. The largest absolute Gasteiger partial charge is 0.326 e. The van der Waals surface area contributed by atoms with E-state index in [0.29, 0.717) is 6.42 Å². The topological polar surface area (TPSA) is 42.0 Å². The molecule has 4 heteroatoms. The number of nitrogens with zero attached hydrogens (tertiary/aromatic N) is 1. The predicted molar refractivity (Wildman–Crippen MR) is 95.9 cm³/mol. The molecular formula is C19H14N2OS. The third-order valence-electron chi connectivity index (χ3n) is 3.85. The highest BCUT2D eigenvalue weighted by molar-refractivity contribution is 7.16. The van der Waals surface area contributed by atoms with Crippen molar-refractivity contribution in [3.63, 3.8) is 0 Å². The van der Waals surface area contributed by atoms with Gasteiger partial charge in [-0.2, -0.15) is 0 Å². The standard InChI is InChI=1S/C19H14N2OS/c22-19(21-15-8-9-18-17(11-15)20-12-23-18)10-14-6-3-5-13-4-1-2-7-16(13)14/h1-9,11-12H,10H2,(H,21,22). The maximum absolute atomic E-state index is 12.4. The van der Waals surface area contributed by atoms with Gasteiger partial charge in [-0.3, -0.25) is 4.79 Å². The van der Waals surface area contributed by atoms with Gasteiger partial charge in [0.25, 0.3) is 0 Å². The van der Waals surface area contributed by atoms with Crippen LogP contribution in [0.15, 0.2) is 66.2 Å². The Morgan fingerprint density at radius 3 is 2.87 bits per heavy atom. The molecule has 1 amide bonds. The van der Waals surface area contributed by atoms with Crippen molar-refractivity contribution in [1.82, 2.24) is 4.98 Å². The van der Waals surface area contributed by atoms with Crippen molar-refractivity contribution in [3.05, 3.63) is 71.7 Å². The number of amides is 1. The Kier molecular flexibility index (Phi) is 3.52. The van der Waals surface area contributed by atoms with Gasteiger partial charge in [0.1, 0.15) is 0 Å². The Hall–Kier alpha value is -2.72. The fourth-order valence-electron chi connectivity index (χ4n) is 2.76. The molecule has 1 N–H and O–H groups in total. The van der Waals surface area contributed by atoms with Crippen LogP contribution in [0, 0.1) is 0 Å². The molecule has 0 bridgehead atoms. The molecule has 3 aromatic carbocycles. The van der Waals surface area contributed by atoms with E-state index in [-0.39, 0.29) is 5.91 Å². The molecule has 4 aromatic rings. The second-order valence-electron chi connectivity index (χ2n) is 5.40. The molecule has 1 aromatic heterocycles. The van der Waals surface area contributed by atoms with E-state index >= 15 is 0 Å². The van der Waals surface area contributed by atoms with E-state index in [1.165, 1.54) is 0 Å². The summed E-state index contributed by atoms with van der Waals surface area (Å²) in [6.07, 6.45) is 0.358. The predicted octanol–water partition coefficient (Wildman–Crippen LogP) is 4.63. The molecule has 3 nitrogen and oxygen atoms in total. The molecule has 0 unspecified atom stereocenters. The van der Waals surface area contributed by atoms with Crippen LogP contribution in [0.5, 0.6) is 0 Å². The van der Waals surface area contributed by atoms with Gasteiger partial charge in [0.15, 0.2) is 0 Å². The van der Waals surface area contributed by atoms with E-state index in [1.54, 1.807) is 11.3 Å². The van der Waals surface area contributed by atoms with Crippen LogP contribution in [-0.4, -0.2) is 10.9 Å². The molecule has 1 heterocycles. The zero-order valence-corrected chi connectivity index (χ0v) is 13.1. The minimum Gasteiger partial charge on any atom is -0.326 e. The molecule has 0 saturated heterocycles. The molecule has 112 valence electrons. The third kappa shape index (κ3) is 2.81. The lowest BCUT2D eigenvalue weighted by Gasteiger charge is -2.08. The van der Waals surface area contributed by atoms with Crippen molar-refractivity contribution in [3.8, 4) is 0 Å². The second-order valence-corrected chi connectivity index (χ2v) is 6.28. The molecule has 4 rings (SSSR count). The number of hydrogen-bond acceptors (Lipinski definition) is 3. The summed E-state index contributed by atoms with van der Waals surface area (Å²) < 4.78 is 1.12. The Morgan fingerprint density at radius 1 is 1.04 bits per heavy atom. The van der Waals surface area contributed by atoms with E-state index in [4.69, 9.17) is 0 Å². The maximum atomic E-state index is 12.4. The number of carbonyl (C=O) groups excluding carboxylic acids is 1. The number of aromatic nitrogens is 1. The van der Waals surface area contributed by atoms with E-state index < -0.39 is 0 Å². The van der Waals surface area contributed by atoms with Gasteiger partial charge in [-0.1, -0.05) is 42.5 Å². The Morgan fingerprint density at radius 2 is 1.91 bits per heavy atom. The zero-order chi connectivity index (χ0) is 15.6. The van der Waals surface area contributed by atoms with Crippen molar-refractivity contribution in [2.75, 3.05) is 5.32 Å². The van der Waals surface area contributed by atoms with E-state index in [2.05, 4.69) is 28.5 Å². The summed E-state index contributed by atoms with van der Waals surface area (Å²) in [6.45, 7) is 0. The molecule has 0 spiro atoms. The van der Waals surface area contributed by atoms with Crippen LogP contribution in [0.2, 0.25) is 0 Å². The zero-order valence-electron chi connectivity index (χ0n) is 12.3.